The van der Waals surface area contributed by atoms with Crippen molar-refractivity contribution in [3.63, 3.8) is 0 Å². The van der Waals surface area contributed by atoms with E-state index in [1.807, 2.05) is 0 Å². The lowest BCUT2D eigenvalue weighted by atomic mass is 9.88. The molecule has 182 valence electrons. The number of hydrogen-bond donors (Lipinski definition) is 1. The van der Waals surface area contributed by atoms with E-state index in [1.54, 1.807) is 0 Å². The Kier molecular flexibility index (Phi) is 6.88. The second kappa shape index (κ2) is 9.41. The van der Waals surface area contributed by atoms with Crippen molar-refractivity contribution >= 4 is 42.1 Å². The van der Waals surface area contributed by atoms with Crippen LogP contribution in [-0.2, 0) is 37.5 Å². The van der Waals surface area contributed by atoms with Gasteiger partial charge in [0.25, 0.3) is 0 Å². The molecule has 1 N–H and O–H groups in total. The fourth-order valence-corrected chi connectivity index (χ4v) is 8.00. The maximum Gasteiger partial charge on any atom is 0.243 e. The zero-order valence-electron chi connectivity index (χ0n) is 19.1. The summed E-state index contributed by atoms with van der Waals surface area (Å²) in [6.07, 6.45) is 4.62. The Hall–Kier alpha value is -2.26. The van der Waals surface area contributed by atoms with E-state index in [9.17, 15) is 26.9 Å². The predicted molar refractivity (Wildman–Crippen MR) is 130 cm³/mol. The smallest absolute Gasteiger partial charge is 0.243 e. The summed E-state index contributed by atoms with van der Waals surface area (Å²) in [5.41, 5.74) is 1.63. The lowest BCUT2D eigenvalue weighted by molar-refractivity contribution is -0.120. The van der Waals surface area contributed by atoms with E-state index in [0.717, 1.165) is 31.1 Å². The fraction of sp³-hybridized carbons (Fsp3) is 0.478. The molecule has 1 fully saturated rings. The Morgan fingerprint density at radius 3 is 2.29 bits per heavy atom. The lowest BCUT2D eigenvalue weighted by Gasteiger charge is -2.30. The second-order valence-electron chi connectivity index (χ2n) is 9.08. The zero-order valence-corrected chi connectivity index (χ0v) is 21.5. The largest absolute Gasteiger partial charge is 0.316 e. The molecule has 1 aliphatic carbocycles. The van der Waals surface area contributed by atoms with Crippen LogP contribution in [0.5, 0.6) is 0 Å². The van der Waals surface area contributed by atoms with Gasteiger partial charge in [0.2, 0.25) is 15.9 Å². The highest BCUT2D eigenvalue weighted by Crippen LogP contribution is 2.39. The predicted octanol–water partition coefficient (Wildman–Crippen LogP) is 3.19. The summed E-state index contributed by atoms with van der Waals surface area (Å²) in [7, 11) is -7.20. The number of anilines is 1. The topological polar surface area (TPSA) is 124 Å². The van der Waals surface area contributed by atoms with Gasteiger partial charge in [-0.2, -0.15) is 9.57 Å². The monoisotopic (exact) mass is 521 g/mol. The minimum atomic E-state index is -3.78. The molecular formula is C23H27N3O5S3. The lowest BCUT2D eigenvalue weighted by Crippen LogP contribution is -2.41. The Bertz CT molecular complexity index is 1350. The van der Waals surface area contributed by atoms with Crippen molar-refractivity contribution in [3.8, 4) is 6.07 Å². The van der Waals surface area contributed by atoms with Gasteiger partial charge in [-0.05, 0) is 67.9 Å². The number of fused-ring (bicyclic) bond motifs is 1. The maximum absolute atomic E-state index is 13.0. The minimum Gasteiger partial charge on any atom is -0.316 e. The first-order valence-corrected chi connectivity index (χ1v) is 15.3. The van der Waals surface area contributed by atoms with E-state index >= 15 is 0 Å². The Balaban J connectivity index is 1.41. The number of sulfone groups is 1. The number of sulfonamides is 1. The van der Waals surface area contributed by atoms with Gasteiger partial charge in [0.15, 0.2) is 9.84 Å². The Labute approximate surface area is 204 Å². The first-order valence-electron chi connectivity index (χ1n) is 11.2. The quantitative estimate of drug-likeness (QED) is 0.644. The maximum atomic E-state index is 13.0. The Morgan fingerprint density at radius 1 is 1.09 bits per heavy atom. The van der Waals surface area contributed by atoms with Crippen molar-refractivity contribution in [1.82, 2.24) is 4.31 Å². The van der Waals surface area contributed by atoms with E-state index in [4.69, 9.17) is 0 Å². The van der Waals surface area contributed by atoms with Crippen LogP contribution in [0.2, 0.25) is 0 Å². The molecule has 1 amide bonds. The SMILES string of the molecule is CC1CCc2c(sc(NC(=O)C3CCN(S(=O)(=O)c4ccc(S(C)(=O)=O)cc4)CC3)c2C#N)C1. The molecule has 1 aromatic carbocycles. The van der Waals surface area contributed by atoms with Crippen molar-refractivity contribution in [2.75, 3.05) is 24.7 Å². The summed E-state index contributed by atoms with van der Waals surface area (Å²) in [6.45, 7) is 2.57. The first kappa shape index (κ1) is 24.9. The number of amides is 1. The molecule has 2 aliphatic rings. The number of carbonyl (C=O) groups is 1. The number of rotatable bonds is 5. The zero-order chi connectivity index (χ0) is 24.7. The normalized spacial score (nSPS) is 19.9. The van der Waals surface area contributed by atoms with Crippen LogP contribution < -0.4 is 5.32 Å². The summed E-state index contributed by atoms with van der Waals surface area (Å²) >= 11 is 1.48. The molecule has 34 heavy (non-hydrogen) atoms. The molecule has 0 radical (unpaired) electrons. The second-order valence-corrected chi connectivity index (χ2v) is 14.1. The molecule has 1 saturated heterocycles. The minimum absolute atomic E-state index is 0.0276. The fourth-order valence-electron chi connectivity index (χ4n) is 4.54. The van der Waals surface area contributed by atoms with Crippen molar-refractivity contribution in [3.05, 3.63) is 40.3 Å². The highest BCUT2D eigenvalue weighted by Gasteiger charge is 2.33. The van der Waals surface area contributed by atoms with Gasteiger partial charge in [-0.15, -0.1) is 11.3 Å². The molecule has 0 bridgehead atoms. The average molecular weight is 522 g/mol. The van der Waals surface area contributed by atoms with Gasteiger partial charge in [0.1, 0.15) is 11.1 Å². The Morgan fingerprint density at radius 2 is 1.71 bits per heavy atom. The third-order valence-corrected chi connectivity index (χ3v) is 10.8. The van der Waals surface area contributed by atoms with E-state index in [-0.39, 0.29) is 34.7 Å². The summed E-state index contributed by atoms with van der Waals surface area (Å²) in [5, 5.41) is 13.2. The molecular weight excluding hydrogens is 494 g/mol. The van der Waals surface area contributed by atoms with Gasteiger partial charge in [0, 0.05) is 30.1 Å². The van der Waals surface area contributed by atoms with Crippen LogP contribution in [0, 0.1) is 23.2 Å². The number of nitrogens with one attached hydrogen (secondary N) is 1. The molecule has 0 saturated carbocycles. The van der Waals surface area contributed by atoms with Crippen molar-refractivity contribution in [1.29, 1.82) is 5.26 Å². The number of carbonyl (C=O) groups excluding carboxylic acids is 1. The van der Waals surface area contributed by atoms with Gasteiger partial charge in [-0.3, -0.25) is 4.79 Å². The van der Waals surface area contributed by atoms with Gasteiger partial charge < -0.3 is 5.32 Å². The molecule has 1 atom stereocenters. The van der Waals surface area contributed by atoms with Crippen LogP contribution in [-0.4, -0.2) is 46.4 Å². The van der Waals surface area contributed by atoms with E-state index in [1.165, 1.54) is 44.8 Å². The number of nitriles is 1. The molecule has 1 aliphatic heterocycles. The molecule has 2 aromatic rings. The number of nitrogens with zero attached hydrogens (tertiary/aromatic N) is 2. The number of hydrogen-bond acceptors (Lipinski definition) is 7. The standard InChI is InChI=1S/C23H27N3O5S3/c1-15-3-8-19-20(14-24)23(32-21(19)13-15)25-22(27)16-9-11-26(12-10-16)34(30,31)18-6-4-17(5-7-18)33(2,28)29/h4-7,15-16H,3,8-13H2,1-2H3,(H,25,27). The number of piperidine rings is 1. The highest BCUT2D eigenvalue weighted by molar-refractivity contribution is 7.90. The van der Waals surface area contributed by atoms with Crippen molar-refractivity contribution in [2.45, 2.75) is 48.8 Å². The van der Waals surface area contributed by atoms with Crippen molar-refractivity contribution in [2.24, 2.45) is 11.8 Å². The van der Waals surface area contributed by atoms with Crippen LogP contribution in [0.15, 0.2) is 34.1 Å². The van der Waals surface area contributed by atoms with E-state index in [2.05, 4.69) is 18.3 Å². The molecule has 1 unspecified atom stereocenters. The molecule has 1 aromatic heterocycles. The highest BCUT2D eigenvalue weighted by atomic mass is 32.2. The van der Waals surface area contributed by atoms with Gasteiger partial charge >= 0.3 is 0 Å². The van der Waals surface area contributed by atoms with Crippen molar-refractivity contribution < 1.29 is 21.6 Å². The summed E-state index contributed by atoms with van der Waals surface area (Å²) in [5.74, 6) is 0.0384. The van der Waals surface area contributed by atoms with Crippen LogP contribution >= 0.6 is 11.3 Å². The average Bonchev–Trinajstić information content (AvgIpc) is 3.14. The molecule has 4 rings (SSSR count). The number of thiophene rings is 1. The molecule has 2 heterocycles. The summed E-state index contributed by atoms with van der Waals surface area (Å²) in [6, 6.07) is 7.43. The van der Waals surface area contributed by atoms with Gasteiger partial charge in [-0.1, -0.05) is 6.92 Å². The van der Waals surface area contributed by atoms with E-state index < -0.39 is 19.9 Å². The molecule has 11 heteroatoms. The van der Waals surface area contributed by atoms with Gasteiger partial charge in [-0.25, -0.2) is 16.8 Å². The van der Waals surface area contributed by atoms with E-state index in [0.29, 0.717) is 29.3 Å². The van der Waals surface area contributed by atoms with Crippen LogP contribution in [0.25, 0.3) is 0 Å². The van der Waals surface area contributed by atoms with Crippen LogP contribution in [0.3, 0.4) is 0 Å². The third-order valence-electron chi connectivity index (χ3n) is 6.57. The summed E-state index contributed by atoms with van der Waals surface area (Å²) < 4.78 is 50.5. The van der Waals surface area contributed by atoms with Crippen LogP contribution in [0.1, 0.15) is 42.2 Å². The van der Waals surface area contributed by atoms with Crippen LogP contribution in [0.4, 0.5) is 5.00 Å². The number of benzene rings is 1. The first-order chi connectivity index (χ1) is 16.0. The summed E-state index contributed by atoms with van der Waals surface area (Å²) in [4.78, 5) is 14.2. The van der Waals surface area contributed by atoms with Gasteiger partial charge in [0.05, 0.1) is 15.4 Å². The molecule has 8 nitrogen and oxygen atoms in total. The third kappa shape index (κ3) is 4.91. The molecule has 0 spiro atoms.